The highest BCUT2D eigenvalue weighted by Gasteiger charge is 2.54. The molecular weight excluding hydrogens is 304 g/mol. The highest BCUT2D eigenvalue weighted by Crippen LogP contribution is 2.48. The normalized spacial score (nSPS) is 29.3. The third kappa shape index (κ3) is 2.51. The van der Waals surface area contributed by atoms with Gasteiger partial charge in [0.1, 0.15) is 0 Å². The average Bonchev–Trinajstić information content (AvgIpc) is 3.12. The van der Waals surface area contributed by atoms with Crippen molar-refractivity contribution in [3.63, 3.8) is 0 Å². The number of hydrogen-bond acceptors (Lipinski definition) is 3. The Kier molecular flexibility index (Phi) is 3.83. The Morgan fingerprint density at radius 2 is 2.04 bits per heavy atom. The van der Waals surface area contributed by atoms with Crippen LogP contribution in [0.1, 0.15) is 30.4 Å². The van der Waals surface area contributed by atoms with Gasteiger partial charge in [-0.15, -0.1) is 0 Å². The van der Waals surface area contributed by atoms with Crippen molar-refractivity contribution in [2.24, 2.45) is 11.3 Å². The van der Waals surface area contributed by atoms with Gasteiger partial charge in [-0.05, 0) is 36.3 Å². The van der Waals surface area contributed by atoms with Crippen LogP contribution in [-0.4, -0.2) is 53.0 Å². The lowest BCUT2D eigenvalue weighted by atomic mass is 9.81. The van der Waals surface area contributed by atoms with Crippen LogP contribution in [0.5, 0.6) is 0 Å². The first-order chi connectivity index (χ1) is 11.6. The molecule has 5 heteroatoms. The molecule has 1 aromatic rings. The van der Waals surface area contributed by atoms with Gasteiger partial charge in [-0.1, -0.05) is 30.7 Å². The number of carboxylic acids is 1. The van der Waals surface area contributed by atoms with Gasteiger partial charge in [0.2, 0.25) is 5.91 Å². The van der Waals surface area contributed by atoms with E-state index in [2.05, 4.69) is 17.0 Å². The zero-order valence-corrected chi connectivity index (χ0v) is 13.9. The molecule has 0 radical (unpaired) electrons. The molecule has 1 N–H and O–H groups in total. The van der Waals surface area contributed by atoms with E-state index in [-0.39, 0.29) is 11.8 Å². The van der Waals surface area contributed by atoms with Crippen LogP contribution in [0.4, 0.5) is 0 Å². The van der Waals surface area contributed by atoms with Crippen molar-refractivity contribution in [2.45, 2.75) is 32.2 Å². The van der Waals surface area contributed by atoms with Gasteiger partial charge in [0.15, 0.2) is 0 Å². The summed E-state index contributed by atoms with van der Waals surface area (Å²) in [5, 5.41) is 9.66. The molecular formula is C19H24N2O3. The summed E-state index contributed by atoms with van der Waals surface area (Å²) in [6.07, 6.45) is 3.65. The Bertz CT molecular complexity index is 674. The van der Waals surface area contributed by atoms with Crippen LogP contribution in [0.25, 0.3) is 0 Å². The van der Waals surface area contributed by atoms with E-state index >= 15 is 0 Å². The van der Waals surface area contributed by atoms with Crippen LogP contribution in [-0.2, 0) is 22.6 Å². The van der Waals surface area contributed by atoms with Crippen molar-refractivity contribution < 1.29 is 14.7 Å². The highest BCUT2D eigenvalue weighted by molar-refractivity contribution is 5.80. The van der Waals surface area contributed by atoms with Gasteiger partial charge < -0.3 is 10.0 Å². The Labute approximate surface area is 142 Å². The molecule has 5 nitrogen and oxygen atoms in total. The second kappa shape index (κ2) is 5.88. The third-order valence-electron chi connectivity index (χ3n) is 6.21. The van der Waals surface area contributed by atoms with Gasteiger partial charge in [-0.2, -0.15) is 0 Å². The van der Waals surface area contributed by atoms with Crippen molar-refractivity contribution in [3.8, 4) is 0 Å². The zero-order chi connectivity index (χ0) is 16.7. The van der Waals surface area contributed by atoms with E-state index in [0.717, 1.165) is 38.8 Å². The lowest BCUT2D eigenvalue weighted by Gasteiger charge is -2.30. The highest BCUT2D eigenvalue weighted by atomic mass is 16.4. The van der Waals surface area contributed by atoms with Crippen molar-refractivity contribution in [2.75, 3.05) is 26.2 Å². The molecule has 2 fully saturated rings. The summed E-state index contributed by atoms with van der Waals surface area (Å²) in [5.41, 5.74) is 1.97. The fourth-order valence-corrected chi connectivity index (χ4v) is 4.86. The standard InChI is InChI=1S/C19H24N2O3/c22-17(21-9-7-14-4-1-2-5-15(14)10-21)12-20-11-16-6-3-8-19(16,13-20)18(23)24/h1-2,4-5,16H,3,6-13H2,(H,23,24)/t16-,19+/m0/s1. The Morgan fingerprint density at radius 3 is 2.79 bits per heavy atom. The molecule has 24 heavy (non-hydrogen) atoms. The van der Waals surface area contributed by atoms with Crippen LogP contribution in [0.15, 0.2) is 24.3 Å². The van der Waals surface area contributed by atoms with E-state index in [0.29, 0.717) is 19.6 Å². The molecule has 0 bridgehead atoms. The summed E-state index contributed by atoms with van der Waals surface area (Å²) in [5.74, 6) is -0.332. The van der Waals surface area contributed by atoms with Crippen LogP contribution in [0, 0.1) is 11.3 Å². The first-order valence-corrected chi connectivity index (χ1v) is 8.89. The van der Waals surface area contributed by atoms with E-state index < -0.39 is 11.4 Å². The van der Waals surface area contributed by atoms with Crippen LogP contribution in [0.2, 0.25) is 0 Å². The van der Waals surface area contributed by atoms with Crippen molar-refractivity contribution >= 4 is 11.9 Å². The predicted octanol–water partition coefficient (Wildman–Crippen LogP) is 1.76. The summed E-state index contributed by atoms with van der Waals surface area (Å²) < 4.78 is 0. The summed E-state index contributed by atoms with van der Waals surface area (Å²) in [6, 6.07) is 8.29. The topological polar surface area (TPSA) is 60.9 Å². The molecule has 2 atom stereocenters. The molecule has 1 saturated carbocycles. The van der Waals surface area contributed by atoms with E-state index in [1.807, 2.05) is 17.0 Å². The molecule has 1 aliphatic carbocycles. The lowest BCUT2D eigenvalue weighted by molar-refractivity contribution is -0.149. The number of amides is 1. The van der Waals surface area contributed by atoms with Crippen molar-refractivity contribution in [3.05, 3.63) is 35.4 Å². The van der Waals surface area contributed by atoms with Gasteiger partial charge in [0, 0.05) is 26.2 Å². The van der Waals surface area contributed by atoms with Crippen molar-refractivity contribution in [1.29, 1.82) is 0 Å². The number of benzene rings is 1. The lowest BCUT2D eigenvalue weighted by Crippen LogP contribution is -2.43. The largest absolute Gasteiger partial charge is 0.481 e. The number of likely N-dealkylation sites (tertiary alicyclic amines) is 1. The molecule has 0 aromatic heterocycles. The summed E-state index contributed by atoms with van der Waals surface area (Å²) in [7, 11) is 0. The van der Waals surface area contributed by atoms with Crippen LogP contribution in [0.3, 0.4) is 0 Å². The zero-order valence-electron chi connectivity index (χ0n) is 13.9. The maximum absolute atomic E-state index is 12.7. The smallest absolute Gasteiger partial charge is 0.311 e. The summed E-state index contributed by atoms with van der Waals surface area (Å²) >= 11 is 0. The maximum Gasteiger partial charge on any atom is 0.311 e. The predicted molar refractivity (Wildman–Crippen MR) is 89.4 cm³/mol. The molecule has 2 aliphatic heterocycles. The molecule has 3 aliphatic rings. The minimum Gasteiger partial charge on any atom is -0.481 e. The van der Waals surface area contributed by atoms with Crippen LogP contribution >= 0.6 is 0 Å². The number of aliphatic carboxylic acids is 1. The molecule has 4 rings (SSSR count). The molecule has 0 unspecified atom stereocenters. The number of hydrogen-bond donors (Lipinski definition) is 1. The van der Waals surface area contributed by atoms with E-state index in [9.17, 15) is 14.7 Å². The number of rotatable bonds is 3. The molecule has 1 amide bonds. The Morgan fingerprint density at radius 1 is 1.25 bits per heavy atom. The van der Waals surface area contributed by atoms with Crippen molar-refractivity contribution in [1.82, 2.24) is 9.80 Å². The second-order valence-electron chi connectivity index (χ2n) is 7.55. The van der Waals surface area contributed by atoms with Gasteiger partial charge >= 0.3 is 5.97 Å². The summed E-state index contributed by atoms with van der Waals surface area (Å²) in [4.78, 5) is 28.4. The van der Waals surface area contributed by atoms with Crippen LogP contribution < -0.4 is 0 Å². The molecule has 1 aromatic carbocycles. The minimum atomic E-state index is -0.674. The Hall–Kier alpha value is -1.88. The number of carbonyl (C=O) groups excluding carboxylic acids is 1. The molecule has 2 heterocycles. The molecule has 128 valence electrons. The fraction of sp³-hybridized carbons (Fsp3) is 0.579. The number of carbonyl (C=O) groups is 2. The SMILES string of the molecule is O=C(CN1C[C@@H]2CCC[C@@]2(C(=O)O)C1)N1CCc2ccccc2C1. The minimum absolute atomic E-state index is 0.130. The monoisotopic (exact) mass is 328 g/mol. The second-order valence-corrected chi connectivity index (χ2v) is 7.55. The molecule has 0 spiro atoms. The number of carboxylic acid groups (broad SMARTS) is 1. The third-order valence-corrected chi connectivity index (χ3v) is 6.21. The first kappa shape index (κ1) is 15.6. The van der Waals surface area contributed by atoms with E-state index in [1.54, 1.807) is 0 Å². The molecule has 1 saturated heterocycles. The first-order valence-electron chi connectivity index (χ1n) is 8.89. The van der Waals surface area contributed by atoms with E-state index in [4.69, 9.17) is 0 Å². The quantitative estimate of drug-likeness (QED) is 0.918. The fourth-order valence-electron chi connectivity index (χ4n) is 4.86. The number of nitrogens with zero attached hydrogens (tertiary/aromatic N) is 2. The van der Waals surface area contributed by atoms with Gasteiger partial charge in [0.05, 0.1) is 12.0 Å². The van der Waals surface area contributed by atoms with E-state index in [1.165, 1.54) is 11.1 Å². The summed E-state index contributed by atoms with van der Waals surface area (Å²) in [6.45, 7) is 3.08. The Balaban J connectivity index is 1.40. The van der Waals surface area contributed by atoms with Gasteiger partial charge in [-0.3, -0.25) is 14.5 Å². The number of fused-ring (bicyclic) bond motifs is 2. The maximum atomic E-state index is 12.7. The average molecular weight is 328 g/mol. The van der Waals surface area contributed by atoms with Gasteiger partial charge in [-0.25, -0.2) is 0 Å². The van der Waals surface area contributed by atoms with Gasteiger partial charge in [0.25, 0.3) is 0 Å².